The molecule has 23 heavy (non-hydrogen) atoms. The van der Waals surface area contributed by atoms with Gasteiger partial charge in [0.25, 0.3) is 0 Å². The second-order valence-corrected chi connectivity index (χ2v) is 5.17. The Balaban J connectivity index is 2.32. The van der Waals surface area contributed by atoms with Crippen molar-refractivity contribution in [1.82, 2.24) is 0 Å². The third-order valence-corrected chi connectivity index (χ3v) is 3.81. The Morgan fingerprint density at radius 2 is 1.09 bits per heavy atom. The zero-order chi connectivity index (χ0) is 16.4. The molecule has 0 fully saturated rings. The van der Waals surface area contributed by atoms with Crippen molar-refractivity contribution in [3.05, 3.63) is 107 Å². The molecule has 4 heteroatoms. The number of hydrogen-bond donors (Lipinski definition) is 1. The molecule has 0 amide bonds. The van der Waals surface area contributed by atoms with Crippen molar-refractivity contribution in [2.45, 2.75) is 5.60 Å². The first kappa shape index (κ1) is 15.3. The molecule has 116 valence electrons. The highest BCUT2D eigenvalue weighted by molar-refractivity contribution is 5.47. The molecule has 0 spiro atoms. The molecule has 0 atom stereocenters. The highest BCUT2D eigenvalue weighted by Crippen LogP contribution is 2.38. The lowest BCUT2D eigenvalue weighted by molar-refractivity contribution is 0.120. The third kappa shape index (κ3) is 2.51. The number of halogens is 3. The van der Waals surface area contributed by atoms with Crippen LogP contribution in [-0.2, 0) is 5.60 Å². The van der Waals surface area contributed by atoms with Gasteiger partial charge in [-0.3, -0.25) is 0 Å². The molecule has 3 aromatic carbocycles. The van der Waals surface area contributed by atoms with Gasteiger partial charge in [-0.2, -0.15) is 0 Å². The van der Waals surface area contributed by atoms with Gasteiger partial charge in [0, 0.05) is 5.56 Å². The fourth-order valence-corrected chi connectivity index (χ4v) is 2.64. The van der Waals surface area contributed by atoms with Crippen LogP contribution >= 0.6 is 0 Å². The van der Waals surface area contributed by atoms with E-state index in [2.05, 4.69) is 0 Å². The normalized spacial score (nSPS) is 11.5. The minimum atomic E-state index is -1.93. The van der Waals surface area contributed by atoms with Gasteiger partial charge < -0.3 is 5.11 Å². The molecule has 0 heterocycles. The van der Waals surface area contributed by atoms with Crippen LogP contribution in [0.15, 0.2) is 72.8 Å². The summed E-state index contributed by atoms with van der Waals surface area (Å²) < 4.78 is 41.3. The zero-order valence-electron chi connectivity index (χ0n) is 12.0. The van der Waals surface area contributed by atoms with Crippen LogP contribution in [0, 0.1) is 17.5 Å². The molecule has 1 nitrogen and oxygen atoms in total. The standard InChI is InChI=1S/C19H13F3O/c20-16-12-11-15(17(21)18(16)22)19(23,13-7-3-1-4-8-13)14-9-5-2-6-10-14/h1-12,23H. The minimum Gasteiger partial charge on any atom is -0.376 e. The maximum absolute atomic E-state index is 14.4. The summed E-state index contributed by atoms with van der Waals surface area (Å²) in [4.78, 5) is 0. The highest BCUT2D eigenvalue weighted by atomic mass is 19.2. The third-order valence-electron chi connectivity index (χ3n) is 3.81. The smallest absolute Gasteiger partial charge is 0.194 e. The van der Waals surface area contributed by atoms with E-state index in [0.717, 1.165) is 12.1 Å². The quantitative estimate of drug-likeness (QED) is 0.561. The van der Waals surface area contributed by atoms with Gasteiger partial charge >= 0.3 is 0 Å². The molecule has 0 aliphatic rings. The van der Waals surface area contributed by atoms with Gasteiger partial charge in [-0.25, -0.2) is 13.2 Å². The van der Waals surface area contributed by atoms with E-state index in [-0.39, 0.29) is 5.56 Å². The number of aliphatic hydroxyl groups is 1. The number of rotatable bonds is 3. The highest BCUT2D eigenvalue weighted by Gasteiger charge is 2.37. The summed E-state index contributed by atoms with van der Waals surface area (Å²) in [7, 11) is 0. The fourth-order valence-electron chi connectivity index (χ4n) is 2.64. The van der Waals surface area contributed by atoms with Crippen molar-refractivity contribution >= 4 is 0 Å². The van der Waals surface area contributed by atoms with Crippen molar-refractivity contribution in [2.75, 3.05) is 0 Å². The molecule has 0 radical (unpaired) electrons. The first-order chi connectivity index (χ1) is 11.0. The summed E-state index contributed by atoms with van der Waals surface area (Å²) >= 11 is 0. The Morgan fingerprint density at radius 3 is 1.57 bits per heavy atom. The van der Waals surface area contributed by atoms with E-state index in [1.165, 1.54) is 0 Å². The van der Waals surface area contributed by atoms with Crippen LogP contribution in [0.3, 0.4) is 0 Å². The summed E-state index contributed by atoms with van der Waals surface area (Å²) in [5.74, 6) is -4.30. The Hall–Kier alpha value is -2.59. The van der Waals surface area contributed by atoms with Gasteiger partial charge in [-0.05, 0) is 23.3 Å². The van der Waals surface area contributed by atoms with E-state index in [1.54, 1.807) is 60.7 Å². The monoisotopic (exact) mass is 314 g/mol. The van der Waals surface area contributed by atoms with Crippen LogP contribution in [0.2, 0.25) is 0 Å². The summed E-state index contributed by atoms with van der Waals surface area (Å²) in [6, 6.07) is 18.5. The van der Waals surface area contributed by atoms with E-state index >= 15 is 0 Å². The molecule has 0 aliphatic heterocycles. The van der Waals surface area contributed by atoms with E-state index < -0.39 is 23.1 Å². The SMILES string of the molecule is OC(c1ccccc1)(c1ccccc1)c1ccc(F)c(F)c1F. The van der Waals surface area contributed by atoms with Crippen molar-refractivity contribution in [2.24, 2.45) is 0 Å². The van der Waals surface area contributed by atoms with Gasteiger partial charge in [0.15, 0.2) is 17.5 Å². The van der Waals surface area contributed by atoms with Crippen molar-refractivity contribution in [1.29, 1.82) is 0 Å². The lowest BCUT2D eigenvalue weighted by Gasteiger charge is -2.30. The second-order valence-electron chi connectivity index (χ2n) is 5.17. The lowest BCUT2D eigenvalue weighted by atomic mass is 9.80. The molecule has 1 N–H and O–H groups in total. The summed E-state index contributed by atoms with van der Waals surface area (Å²) in [5.41, 5.74) is -1.55. The number of hydrogen-bond acceptors (Lipinski definition) is 1. The summed E-state index contributed by atoms with van der Waals surface area (Å²) in [6.45, 7) is 0. The molecule has 0 aliphatic carbocycles. The largest absolute Gasteiger partial charge is 0.376 e. The molecule has 0 unspecified atom stereocenters. The average molecular weight is 314 g/mol. The molecule has 0 saturated heterocycles. The summed E-state index contributed by atoms with van der Waals surface area (Å²) in [6.07, 6.45) is 0. The van der Waals surface area contributed by atoms with Crippen LogP contribution in [-0.4, -0.2) is 5.11 Å². The predicted molar refractivity (Wildman–Crippen MR) is 81.3 cm³/mol. The zero-order valence-corrected chi connectivity index (χ0v) is 12.0. The van der Waals surface area contributed by atoms with E-state index in [0.29, 0.717) is 11.1 Å². The first-order valence-electron chi connectivity index (χ1n) is 7.02. The Morgan fingerprint density at radius 1 is 0.609 bits per heavy atom. The van der Waals surface area contributed by atoms with Gasteiger partial charge in [0.05, 0.1) is 0 Å². The maximum atomic E-state index is 14.4. The van der Waals surface area contributed by atoms with Gasteiger partial charge in [-0.15, -0.1) is 0 Å². The lowest BCUT2D eigenvalue weighted by Crippen LogP contribution is -2.30. The molecular weight excluding hydrogens is 301 g/mol. The Labute approximate surface area is 131 Å². The predicted octanol–water partition coefficient (Wildman–Crippen LogP) is 4.39. The summed E-state index contributed by atoms with van der Waals surface area (Å²) in [5, 5.41) is 11.3. The maximum Gasteiger partial charge on any atom is 0.194 e. The molecular formula is C19H13F3O. The van der Waals surface area contributed by atoms with Gasteiger partial charge in [0.1, 0.15) is 5.60 Å². The van der Waals surface area contributed by atoms with Crippen LogP contribution in [0.5, 0.6) is 0 Å². The first-order valence-corrected chi connectivity index (χ1v) is 7.02. The minimum absolute atomic E-state index is 0.339. The van der Waals surface area contributed by atoms with Gasteiger partial charge in [-0.1, -0.05) is 60.7 Å². The average Bonchev–Trinajstić information content (AvgIpc) is 2.61. The topological polar surface area (TPSA) is 20.2 Å². The van der Waals surface area contributed by atoms with Crippen LogP contribution in [0.1, 0.15) is 16.7 Å². The van der Waals surface area contributed by atoms with Gasteiger partial charge in [0.2, 0.25) is 0 Å². The van der Waals surface area contributed by atoms with Crippen LogP contribution < -0.4 is 0 Å². The van der Waals surface area contributed by atoms with Crippen LogP contribution in [0.4, 0.5) is 13.2 Å². The van der Waals surface area contributed by atoms with Crippen LogP contribution in [0.25, 0.3) is 0 Å². The molecule has 3 rings (SSSR count). The molecule has 0 saturated carbocycles. The molecule has 0 bridgehead atoms. The van der Waals surface area contributed by atoms with Crippen molar-refractivity contribution in [3.63, 3.8) is 0 Å². The van der Waals surface area contributed by atoms with E-state index in [9.17, 15) is 18.3 Å². The fraction of sp³-hybridized carbons (Fsp3) is 0.0526. The van der Waals surface area contributed by atoms with E-state index in [4.69, 9.17) is 0 Å². The Kier molecular flexibility index (Phi) is 3.92. The molecule has 3 aromatic rings. The second kappa shape index (κ2) is 5.89. The number of benzene rings is 3. The molecule has 0 aromatic heterocycles. The van der Waals surface area contributed by atoms with Crippen molar-refractivity contribution in [3.8, 4) is 0 Å². The van der Waals surface area contributed by atoms with Crippen molar-refractivity contribution < 1.29 is 18.3 Å². The Bertz CT molecular complexity index is 777. The van der Waals surface area contributed by atoms with E-state index in [1.807, 2.05) is 0 Å².